The van der Waals surface area contributed by atoms with Gasteiger partial charge in [-0.2, -0.15) is 0 Å². The van der Waals surface area contributed by atoms with E-state index in [2.05, 4.69) is 29.6 Å². The number of carbonyl (C=O) groups is 1. The summed E-state index contributed by atoms with van der Waals surface area (Å²) in [6.07, 6.45) is -0.245. The number of halogens is 1. The van der Waals surface area contributed by atoms with Crippen molar-refractivity contribution in [1.29, 1.82) is 0 Å². The molecule has 1 aliphatic rings. The molecule has 0 aliphatic heterocycles. The number of hydrogen-bond donors (Lipinski definition) is 2. The minimum atomic E-state index is -0.561. The van der Waals surface area contributed by atoms with Gasteiger partial charge in [-0.25, -0.2) is 9.18 Å². The minimum absolute atomic E-state index is 0.0183. The molecular formula is C24H22FNO3. The Morgan fingerprint density at radius 1 is 0.966 bits per heavy atom. The second-order valence-corrected chi connectivity index (χ2v) is 7.09. The van der Waals surface area contributed by atoms with E-state index in [9.17, 15) is 14.3 Å². The van der Waals surface area contributed by atoms with Crippen molar-refractivity contribution in [3.63, 3.8) is 0 Å². The zero-order valence-corrected chi connectivity index (χ0v) is 15.8. The maximum absolute atomic E-state index is 13.2. The Balaban J connectivity index is 1.46. The second kappa shape index (κ2) is 8.45. The summed E-state index contributed by atoms with van der Waals surface area (Å²) in [5, 5.41) is 12.1. The van der Waals surface area contributed by atoms with E-state index in [0.717, 1.165) is 11.1 Å². The molecule has 29 heavy (non-hydrogen) atoms. The number of ether oxygens (including phenoxy) is 1. The topological polar surface area (TPSA) is 58.6 Å². The van der Waals surface area contributed by atoms with Crippen LogP contribution in [0.25, 0.3) is 11.1 Å². The van der Waals surface area contributed by atoms with Gasteiger partial charge >= 0.3 is 6.09 Å². The Labute approximate surface area is 169 Å². The summed E-state index contributed by atoms with van der Waals surface area (Å²) in [5.41, 5.74) is 5.34. The summed E-state index contributed by atoms with van der Waals surface area (Å²) < 4.78 is 18.7. The van der Waals surface area contributed by atoms with E-state index in [0.29, 0.717) is 12.0 Å². The average molecular weight is 391 g/mol. The van der Waals surface area contributed by atoms with Crippen LogP contribution in [0.1, 0.15) is 35.1 Å². The highest BCUT2D eigenvalue weighted by molar-refractivity contribution is 5.79. The van der Waals surface area contributed by atoms with Gasteiger partial charge in [-0.3, -0.25) is 0 Å². The molecule has 0 spiro atoms. The number of alkyl carbamates (subject to hydrolysis) is 1. The lowest BCUT2D eigenvalue weighted by molar-refractivity contribution is 0.136. The predicted molar refractivity (Wildman–Crippen MR) is 109 cm³/mol. The predicted octanol–water partition coefficient (Wildman–Crippen LogP) is 4.79. The monoisotopic (exact) mass is 391 g/mol. The zero-order chi connectivity index (χ0) is 20.2. The van der Waals surface area contributed by atoms with Crippen molar-refractivity contribution in [3.8, 4) is 11.1 Å². The lowest BCUT2D eigenvalue weighted by Crippen LogP contribution is -2.31. The first-order valence-corrected chi connectivity index (χ1v) is 9.65. The molecule has 5 heteroatoms. The number of carbonyl (C=O) groups excluding carboxylic acids is 1. The number of benzene rings is 3. The number of fused-ring (bicyclic) bond motifs is 3. The lowest BCUT2D eigenvalue weighted by Gasteiger charge is -2.20. The van der Waals surface area contributed by atoms with Crippen molar-refractivity contribution in [2.75, 3.05) is 13.2 Å². The molecule has 0 fully saturated rings. The lowest BCUT2D eigenvalue weighted by atomic mass is 9.98. The number of nitrogens with one attached hydrogen (secondary N) is 1. The third-order valence-corrected chi connectivity index (χ3v) is 5.33. The van der Waals surface area contributed by atoms with Crippen molar-refractivity contribution in [2.45, 2.75) is 18.4 Å². The summed E-state index contributed by atoms with van der Waals surface area (Å²) in [4.78, 5) is 12.5. The van der Waals surface area contributed by atoms with Gasteiger partial charge in [-0.15, -0.1) is 0 Å². The van der Waals surface area contributed by atoms with Gasteiger partial charge in [0.2, 0.25) is 0 Å². The van der Waals surface area contributed by atoms with Crippen LogP contribution in [0.5, 0.6) is 0 Å². The average Bonchev–Trinajstić information content (AvgIpc) is 3.06. The number of amides is 1. The Kier molecular flexibility index (Phi) is 5.58. The minimum Gasteiger partial charge on any atom is -0.449 e. The maximum Gasteiger partial charge on any atom is 0.407 e. The van der Waals surface area contributed by atoms with Gasteiger partial charge < -0.3 is 15.2 Å². The van der Waals surface area contributed by atoms with E-state index in [1.807, 2.05) is 24.3 Å². The molecule has 0 saturated heterocycles. The third-order valence-electron chi connectivity index (χ3n) is 5.33. The summed E-state index contributed by atoms with van der Waals surface area (Å²) >= 11 is 0. The van der Waals surface area contributed by atoms with E-state index >= 15 is 0 Å². The molecule has 0 unspecified atom stereocenters. The highest BCUT2D eigenvalue weighted by Crippen LogP contribution is 2.44. The maximum atomic E-state index is 13.2. The third kappa shape index (κ3) is 4.00. The van der Waals surface area contributed by atoms with Crippen LogP contribution < -0.4 is 5.32 Å². The second-order valence-electron chi connectivity index (χ2n) is 7.09. The molecule has 3 aromatic rings. The Hall–Kier alpha value is -3.18. The standard InChI is InChI=1S/C24H22FNO3/c25-17-11-9-16(10-12-17)23(13-14-27)26-24(28)29-15-22-20-7-3-1-5-18(20)19-6-2-4-8-21(19)22/h1-12,22-23,27H,13-15H2,(H,26,28)/t23-/m0/s1. The summed E-state index contributed by atoms with van der Waals surface area (Å²) in [6.45, 7) is 0.112. The van der Waals surface area contributed by atoms with Gasteiger partial charge in [0, 0.05) is 12.5 Å². The van der Waals surface area contributed by atoms with Gasteiger partial charge in [-0.1, -0.05) is 60.7 Å². The van der Waals surface area contributed by atoms with Crippen molar-refractivity contribution < 1.29 is 19.0 Å². The van der Waals surface area contributed by atoms with E-state index in [1.54, 1.807) is 12.1 Å². The van der Waals surface area contributed by atoms with Crippen LogP contribution in [-0.2, 0) is 4.74 Å². The van der Waals surface area contributed by atoms with Gasteiger partial charge in [0.05, 0.1) is 6.04 Å². The summed E-state index contributed by atoms with van der Waals surface area (Å²) in [6, 6.07) is 21.7. The first-order valence-electron chi connectivity index (χ1n) is 9.65. The highest BCUT2D eigenvalue weighted by Gasteiger charge is 2.29. The molecule has 0 radical (unpaired) electrons. The molecule has 1 atom stereocenters. The van der Waals surface area contributed by atoms with Crippen LogP contribution in [0.4, 0.5) is 9.18 Å². The van der Waals surface area contributed by atoms with E-state index in [1.165, 1.54) is 23.3 Å². The molecule has 148 valence electrons. The number of aliphatic hydroxyl groups excluding tert-OH is 1. The van der Waals surface area contributed by atoms with E-state index < -0.39 is 12.1 Å². The molecule has 0 aromatic heterocycles. The van der Waals surface area contributed by atoms with Crippen LogP contribution >= 0.6 is 0 Å². The van der Waals surface area contributed by atoms with Crippen LogP contribution in [0.3, 0.4) is 0 Å². The fourth-order valence-corrected chi connectivity index (χ4v) is 3.93. The smallest absolute Gasteiger partial charge is 0.407 e. The van der Waals surface area contributed by atoms with E-state index in [-0.39, 0.29) is 24.9 Å². The molecule has 0 heterocycles. The Morgan fingerprint density at radius 2 is 1.55 bits per heavy atom. The van der Waals surface area contributed by atoms with Crippen molar-refractivity contribution in [2.24, 2.45) is 0 Å². The fraction of sp³-hybridized carbons (Fsp3) is 0.208. The van der Waals surface area contributed by atoms with Crippen LogP contribution in [-0.4, -0.2) is 24.4 Å². The molecule has 1 aliphatic carbocycles. The molecule has 2 N–H and O–H groups in total. The fourth-order valence-electron chi connectivity index (χ4n) is 3.93. The van der Waals surface area contributed by atoms with Gasteiger partial charge in [0.1, 0.15) is 12.4 Å². The van der Waals surface area contributed by atoms with Crippen LogP contribution in [0.2, 0.25) is 0 Å². The number of aliphatic hydroxyl groups is 1. The quantitative estimate of drug-likeness (QED) is 0.635. The van der Waals surface area contributed by atoms with E-state index in [4.69, 9.17) is 4.74 Å². The van der Waals surface area contributed by atoms with Gasteiger partial charge in [0.15, 0.2) is 0 Å². The number of rotatable bonds is 6. The van der Waals surface area contributed by atoms with Crippen molar-refractivity contribution >= 4 is 6.09 Å². The normalized spacial score (nSPS) is 13.4. The molecule has 4 nitrogen and oxygen atoms in total. The molecule has 0 bridgehead atoms. The van der Waals surface area contributed by atoms with Crippen molar-refractivity contribution in [1.82, 2.24) is 5.32 Å². The zero-order valence-electron chi connectivity index (χ0n) is 15.8. The van der Waals surface area contributed by atoms with Crippen LogP contribution in [0.15, 0.2) is 72.8 Å². The highest BCUT2D eigenvalue weighted by atomic mass is 19.1. The molecule has 3 aromatic carbocycles. The first kappa shape index (κ1) is 19.2. The Morgan fingerprint density at radius 3 is 2.14 bits per heavy atom. The summed E-state index contributed by atoms with van der Waals surface area (Å²) in [7, 11) is 0. The van der Waals surface area contributed by atoms with Gasteiger partial charge in [-0.05, 0) is 46.4 Å². The molecule has 0 saturated carbocycles. The van der Waals surface area contributed by atoms with Gasteiger partial charge in [0.25, 0.3) is 0 Å². The van der Waals surface area contributed by atoms with Crippen molar-refractivity contribution in [3.05, 3.63) is 95.3 Å². The SMILES string of the molecule is O=C(N[C@@H](CCO)c1ccc(F)cc1)OCC1c2ccccc2-c2ccccc21. The van der Waals surface area contributed by atoms with Crippen LogP contribution in [0, 0.1) is 5.82 Å². The first-order chi connectivity index (χ1) is 14.2. The molecule has 1 amide bonds. The summed E-state index contributed by atoms with van der Waals surface area (Å²) in [5.74, 6) is -0.368. The molecular weight excluding hydrogens is 369 g/mol. The molecule has 4 rings (SSSR count). The Bertz CT molecular complexity index is 958. The largest absolute Gasteiger partial charge is 0.449 e. The number of hydrogen-bond acceptors (Lipinski definition) is 3.